The van der Waals surface area contributed by atoms with Crippen LogP contribution in [0.3, 0.4) is 0 Å². The summed E-state index contributed by atoms with van der Waals surface area (Å²) in [6.07, 6.45) is 3.08. The molecule has 0 radical (unpaired) electrons. The summed E-state index contributed by atoms with van der Waals surface area (Å²) in [5.41, 5.74) is 2.71. The van der Waals surface area contributed by atoms with Gasteiger partial charge in [0.05, 0.1) is 0 Å². The summed E-state index contributed by atoms with van der Waals surface area (Å²) in [5.74, 6) is 0.562. The van der Waals surface area contributed by atoms with Crippen molar-refractivity contribution in [3.05, 3.63) is 59.9 Å². The largest absolute Gasteiger partial charge is 0.365 e. The number of nitrogens with one attached hydrogen (secondary N) is 1. The first-order chi connectivity index (χ1) is 6.86. The molecule has 0 aliphatic rings. The molecular weight excluding hydrogens is 170 g/mol. The molecule has 0 aliphatic carbocycles. The third-order valence-corrected chi connectivity index (χ3v) is 2.54. The van der Waals surface area contributed by atoms with Crippen molar-refractivity contribution in [2.75, 3.05) is 0 Å². The van der Waals surface area contributed by atoms with Gasteiger partial charge in [-0.3, -0.25) is 0 Å². The van der Waals surface area contributed by atoms with Gasteiger partial charge in [0.1, 0.15) is 0 Å². The molecule has 0 amide bonds. The molecule has 2 rings (SSSR count). The van der Waals surface area contributed by atoms with E-state index in [0.29, 0.717) is 5.92 Å². The Hall–Kier alpha value is -1.50. The first-order valence-electron chi connectivity index (χ1n) is 5.03. The van der Waals surface area contributed by atoms with Gasteiger partial charge in [-0.15, -0.1) is 0 Å². The van der Waals surface area contributed by atoms with Gasteiger partial charge in [0, 0.05) is 17.8 Å². The second-order valence-electron chi connectivity index (χ2n) is 3.72. The van der Waals surface area contributed by atoms with Crippen molar-refractivity contribution in [1.82, 2.24) is 4.98 Å². The molecule has 1 unspecified atom stereocenters. The summed E-state index contributed by atoms with van der Waals surface area (Å²) < 4.78 is 0. The smallest absolute Gasteiger partial charge is 0.0179 e. The number of benzene rings is 1. The Labute approximate surface area is 84.8 Å². The molecule has 0 fully saturated rings. The number of rotatable bonds is 3. The third kappa shape index (κ3) is 2.05. The van der Waals surface area contributed by atoms with Crippen LogP contribution >= 0.6 is 0 Å². The maximum Gasteiger partial charge on any atom is 0.0179 e. The predicted molar refractivity (Wildman–Crippen MR) is 59.4 cm³/mol. The van der Waals surface area contributed by atoms with E-state index in [-0.39, 0.29) is 0 Å². The molecular formula is C13H15N. The van der Waals surface area contributed by atoms with E-state index < -0.39 is 0 Å². The topological polar surface area (TPSA) is 15.8 Å². The molecule has 0 saturated carbocycles. The lowest BCUT2D eigenvalue weighted by molar-refractivity contribution is 0.737. The van der Waals surface area contributed by atoms with E-state index in [1.807, 2.05) is 6.20 Å². The van der Waals surface area contributed by atoms with Crippen molar-refractivity contribution in [1.29, 1.82) is 0 Å². The Morgan fingerprint density at radius 3 is 2.50 bits per heavy atom. The van der Waals surface area contributed by atoms with Crippen LogP contribution in [0.2, 0.25) is 0 Å². The average Bonchev–Trinajstić information content (AvgIpc) is 2.72. The van der Waals surface area contributed by atoms with Crippen molar-refractivity contribution in [2.45, 2.75) is 19.3 Å². The monoisotopic (exact) mass is 185 g/mol. The van der Waals surface area contributed by atoms with Gasteiger partial charge >= 0.3 is 0 Å². The summed E-state index contributed by atoms with van der Waals surface area (Å²) in [6, 6.07) is 14.8. The third-order valence-electron chi connectivity index (χ3n) is 2.54. The molecule has 0 aliphatic heterocycles. The summed E-state index contributed by atoms with van der Waals surface area (Å²) >= 11 is 0. The fourth-order valence-corrected chi connectivity index (χ4v) is 1.73. The van der Waals surface area contributed by atoms with Crippen LogP contribution < -0.4 is 0 Å². The molecule has 2 aromatic rings. The van der Waals surface area contributed by atoms with Crippen molar-refractivity contribution < 1.29 is 0 Å². The van der Waals surface area contributed by atoms with Crippen molar-refractivity contribution in [3.8, 4) is 0 Å². The van der Waals surface area contributed by atoms with Crippen LogP contribution in [0.25, 0.3) is 0 Å². The number of hydrogen-bond donors (Lipinski definition) is 1. The van der Waals surface area contributed by atoms with Crippen LogP contribution in [-0.2, 0) is 6.42 Å². The molecule has 1 heterocycles. The zero-order valence-corrected chi connectivity index (χ0v) is 8.40. The van der Waals surface area contributed by atoms with E-state index in [4.69, 9.17) is 0 Å². The Bertz CT molecular complexity index is 361. The van der Waals surface area contributed by atoms with Gasteiger partial charge < -0.3 is 4.98 Å². The first kappa shape index (κ1) is 9.07. The number of H-pyrrole nitrogens is 1. The fourth-order valence-electron chi connectivity index (χ4n) is 1.73. The van der Waals surface area contributed by atoms with Crippen LogP contribution in [-0.4, -0.2) is 4.98 Å². The highest BCUT2D eigenvalue weighted by Crippen LogP contribution is 2.18. The Morgan fingerprint density at radius 2 is 1.86 bits per heavy atom. The molecule has 72 valence electrons. The highest BCUT2D eigenvalue weighted by atomic mass is 14.7. The predicted octanol–water partition coefficient (Wildman–Crippen LogP) is 3.36. The van der Waals surface area contributed by atoms with Gasteiger partial charge in [-0.2, -0.15) is 0 Å². The molecule has 1 nitrogen and oxygen atoms in total. The molecule has 1 atom stereocenters. The average molecular weight is 185 g/mol. The molecule has 0 saturated heterocycles. The van der Waals surface area contributed by atoms with Gasteiger partial charge in [0.15, 0.2) is 0 Å². The summed E-state index contributed by atoms with van der Waals surface area (Å²) in [7, 11) is 0. The van der Waals surface area contributed by atoms with E-state index in [1.54, 1.807) is 0 Å². The number of aromatic amines is 1. The Balaban J connectivity index is 2.06. The summed E-state index contributed by atoms with van der Waals surface area (Å²) in [4.78, 5) is 3.26. The lowest BCUT2D eigenvalue weighted by Gasteiger charge is -2.09. The van der Waals surface area contributed by atoms with Crippen molar-refractivity contribution in [3.63, 3.8) is 0 Å². The van der Waals surface area contributed by atoms with Crippen molar-refractivity contribution in [2.24, 2.45) is 0 Å². The normalized spacial score (nSPS) is 12.6. The summed E-state index contributed by atoms with van der Waals surface area (Å²) in [5, 5.41) is 0. The SMILES string of the molecule is CC(Cc1ccccc1)c1ccc[nH]1. The van der Waals surface area contributed by atoms with Gasteiger partial charge in [0.25, 0.3) is 0 Å². The standard InChI is InChI=1S/C13H15N/c1-11(13-8-5-9-14-13)10-12-6-3-2-4-7-12/h2-9,11,14H,10H2,1H3. The van der Waals surface area contributed by atoms with Gasteiger partial charge in [-0.05, 0) is 24.1 Å². The van der Waals surface area contributed by atoms with Crippen LogP contribution in [0, 0.1) is 0 Å². The maximum absolute atomic E-state index is 3.26. The minimum absolute atomic E-state index is 0.562. The lowest BCUT2D eigenvalue weighted by Crippen LogP contribution is -1.98. The van der Waals surface area contributed by atoms with Gasteiger partial charge in [-0.1, -0.05) is 37.3 Å². The van der Waals surface area contributed by atoms with E-state index in [1.165, 1.54) is 11.3 Å². The quantitative estimate of drug-likeness (QED) is 0.754. The zero-order valence-electron chi connectivity index (χ0n) is 8.40. The molecule has 1 aromatic carbocycles. The van der Waals surface area contributed by atoms with Crippen LogP contribution in [0.4, 0.5) is 0 Å². The van der Waals surface area contributed by atoms with E-state index in [2.05, 4.69) is 54.4 Å². The highest BCUT2D eigenvalue weighted by Gasteiger charge is 2.06. The molecule has 14 heavy (non-hydrogen) atoms. The highest BCUT2D eigenvalue weighted by molar-refractivity contribution is 5.19. The molecule has 0 bridgehead atoms. The van der Waals surface area contributed by atoms with Gasteiger partial charge in [0.2, 0.25) is 0 Å². The van der Waals surface area contributed by atoms with Gasteiger partial charge in [-0.25, -0.2) is 0 Å². The van der Waals surface area contributed by atoms with Crippen molar-refractivity contribution >= 4 is 0 Å². The Kier molecular flexibility index (Phi) is 2.68. The molecule has 1 heteroatoms. The molecule has 0 spiro atoms. The minimum atomic E-state index is 0.562. The zero-order chi connectivity index (χ0) is 9.80. The lowest BCUT2D eigenvalue weighted by atomic mass is 9.98. The van der Waals surface area contributed by atoms with Crippen LogP contribution in [0.5, 0.6) is 0 Å². The molecule has 1 aromatic heterocycles. The van der Waals surface area contributed by atoms with E-state index >= 15 is 0 Å². The van der Waals surface area contributed by atoms with Crippen LogP contribution in [0.1, 0.15) is 24.1 Å². The molecule has 1 N–H and O–H groups in total. The van der Waals surface area contributed by atoms with E-state index in [9.17, 15) is 0 Å². The van der Waals surface area contributed by atoms with E-state index in [0.717, 1.165) is 6.42 Å². The first-order valence-corrected chi connectivity index (χ1v) is 5.03. The second-order valence-corrected chi connectivity index (χ2v) is 3.72. The number of aromatic nitrogens is 1. The maximum atomic E-state index is 3.26. The fraction of sp³-hybridized carbons (Fsp3) is 0.231. The summed E-state index contributed by atoms with van der Waals surface area (Å²) in [6.45, 7) is 2.25. The number of hydrogen-bond acceptors (Lipinski definition) is 0. The van der Waals surface area contributed by atoms with Crippen LogP contribution in [0.15, 0.2) is 48.7 Å². The second kappa shape index (κ2) is 4.14. The minimum Gasteiger partial charge on any atom is -0.365 e. The Morgan fingerprint density at radius 1 is 1.07 bits per heavy atom.